The van der Waals surface area contributed by atoms with Gasteiger partial charge in [0.05, 0.1) is 12.2 Å². The molecule has 0 unspecified atom stereocenters. The van der Waals surface area contributed by atoms with Gasteiger partial charge in [0.2, 0.25) is 0 Å². The van der Waals surface area contributed by atoms with Crippen LogP contribution in [0.1, 0.15) is 53.7 Å². The molecule has 0 fully saturated rings. The molecule has 0 bridgehead atoms. The van der Waals surface area contributed by atoms with Crippen LogP contribution in [0.2, 0.25) is 0 Å². The van der Waals surface area contributed by atoms with Crippen LogP contribution < -0.4 is 4.74 Å². The van der Waals surface area contributed by atoms with Gasteiger partial charge >= 0.3 is 0 Å². The van der Waals surface area contributed by atoms with E-state index >= 15 is 0 Å². The zero-order chi connectivity index (χ0) is 22.4. The molecule has 0 radical (unpaired) electrons. The minimum absolute atomic E-state index is 0.0000620. The predicted molar refractivity (Wildman–Crippen MR) is 118 cm³/mol. The van der Waals surface area contributed by atoms with E-state index in [-0.39, 0.29) is 24.3 Å². The van der Waals surface area contributed by atoms with Crippen molar-refractivity contribution in [3.63, 3.8) is 0 Å². The summed E-state index contributed by atoms with van der Waals surface area (Å²) in [4.78, 5) is 12.7. The largest absolute Gasteiger partial charge is 0.507 e. The maximum absolute atomic E-state index is 13.4. The van der Waals surface area contributed by atoms with Gasteiger partial charge in [-0.25, -0.2) is 8.78 Å². The lowest BCUT2D eigenvalue weighted by atomic mass is 9.97. The Labute approximate surface area is 181 Å². The minimum Gasteiger partial charge on any atom is -0.507 e. The molecule has 0 spiro atoms. The van der Waals surface area contributed by atoms with Crippen LogP contribution in [0.25, 0.3) is 11.1 Å². The molecular weight excluding hydrogens is 398 g/mol. The average Bonchev–Trinajstić information content (AvgIpc) is 2.75. The molecule has 0 heterocycles. The number of alkyl halides is 2. The third-order valence-corrected chi connectivity index (χ3v) is 5.14. The first-order chi connectivity index (χ1) is 14.9. The predicted octanol–water partition coefficient (Wildman–Crippen LogP) is 6.77. The first-order valence-corrected chi connectivity index (χ1v) is 10.4. The minimum atomic E-state index is -2.95. The summed E-state index contributed by atoms with van der Waals surface area (Å²) in [7, 11) is 0. The number of Topliss-reactive ketones (excluding diaryl/α,β-unsaturated/α-hetero) is 1. The molecule has 3 aromatic carbocycles. The number of ether oxygens (including phenoxy) is 1. The Bertz CT molecular complexity index is 1030. The molecule has 0 saturated carbocycles. The molecule has 3 nitrogen and oxygen atoms in total. The van der Waals surface area contributed by atoms with Crippen molar-refractivity contribution in [2.75, 3.05) is 6.61 Å². The van der Waals surface area contributed by atoms with Gasteiger partial charge in [-0.15, -0.1) is 0 Å². The monoisotopic (exact) mass is 424 g/mol. The number of rotatable bonds is 9. The number of hydrogen-bond donors (Lipinski definition) is 1. The molecule has 5 heteroatoms. The number of carbonyl (C=O) groups is 1. The number of benzene rings is 3. The molecule has 0 aromatic heterocycles. The fourth-order valence-corrected chi connectivity index (χ4v) is 3.55. The van der Waals surface area contributed by atoms with Crippen LogP contribution in [-0.4, -0.2) is 17.5 Å². The molecule has 1 N–H and O–H groups in total. The van der Waals surface area contributed by atoms with Gasteiger partial charge in [0, 0.05) is 6.42 Å². The van der Waals surface area contributed by atoms with E-state index in [1.807, 2.05) is 24.3 Å². The smallest absolute Gasteiger partial charge is 0.271 e. The van der Waals surface area contributed by atoms with Crippen LogP contribution in [0.15, 0.2) is 60.7 Å². The van der Waals surface area contributed by atoms with Gasteiger partial charge in [-0.1, -0.05) is 61.9 Å². The molecule has 162 valence electrons. The van der Waals surface area contributed by atoms with Crippen molar-refractivity contribution < 1.29 is 23.4 Å². The van der Waals surface area contributed by atoms with E-state index in [1.165, 1.54) is 17.7 Å². The number of phenolic OH excluding ortho intramolecular Hbond substituents is 1. The highest BCUT2D eigenvalue weighted by molar-refractivity contribution is 6.00. The van der Waals surface area contributed by atoms with Crippen LogP contribution in [0.4, 0.5) is 8.78 Å². The Morgan fingerprint density at radius 1 is 0.903 bits per heavy atom. The Hall–Kier alpha value is -3.21. The number of aryl methyl sites for hydroxylation is 1. The second kappa shape index (κ2) is 10.2. The third-order valence-electron chi connectivity index (χ3n) is 5.14. The number of halogens is 2. The Kier molecular flexibility index (Phi) is 7.40. The van der Waals surface area contributed by atoms with Gasteiger partial charge in [0.1, 0.15) is 17.1 Å². The summed E-state index contributed by atoms with van der Waals surface area (Å²) in [5.74, 6) is -1.25. The van der Waals surface area contributed by atoms with Crippen molar-refractivity contribution in [2.45, 2.75) is 39.5 Å². The zero-order valence-corrected chi connectivity index (χ0v) is 17.7. The first kappa shape index (κ1) is 22.5. The quantitative estimate of drug-likeness (QED) is 0.386. The van der Waals surface area contributed by atoms with Gasteiger partial charge in [0.15, 0.2) is 5.78 Å². The van der Waals surface area contributed by atoms with Crippen LogP contribution >= 0.6 is 0 Å². The van der Waals surface area contributed by atoms with E-state index < -0.39 is 23.5 Å². The van der Waals surface area contributed by atoms with Crippen LogP contribution in [0.5, 0.6) is 11.5 Å². The summed E-state index contributed by atoms with van der Waals surface area (Å²) in [5, 5.41) is 10.3. The van der Waals surface area contributed by atoms with E-state index in [1.54, 1.807) is 6.92 Å². The summed E-state index contributed by atoms with van der Waals surface area (Å²) < 4.78 is 32.0. The number of ketones is 1. The Balaban J connectivity index is 1.77. The van der Waals surface area contributed by atoms with Crippen LogP contribution in [0.3, 0.4) is 0 Å². The van der Waals surface area contributed by atoms with Gasteiger partial charge in [-0.3, -0.25) is 4.79 Å². The van der Waals surface area contributed by atoms with Crippen molar-refractivity contribution in [1.29, 1.82) is 0 Å². The van der Waals surface area contributed by atoms with Crippen LogP contribution in [-0.2, 0) is 12.8 Å². The Morgan fingerprint density at radius 2 is 1.48 bits per heavy atom. The maximum Gasteiger partial charge on any atom is 0.271 e. The number of aromatic hydroxyl groups is 1. The van der Waals surface area contributed by atoms with E-state index in [4.69, 9.17) is 4.74 Å². The summed E-state index contributed by atoms with van der Waals surface area (Å²) in [5.41, 5.74) is 3.38. The van der Waals surface area contributed by atoms with E-state index in [2.05, 4.69) is 31.2 Å². The Morgan fingerprint density at radius 3 is 2.00 bits per heavy atom. The number of hydrogen-bond acceptors (Lipinski definition) is 3. The molecule has 31 heavy (non-hydrogen) atoms. The average molecular weight is 424 g/mol. The van der Waals surface area contributed by atoms with Crippen molar-refractivity contribution in [3.05, 3.63) is 82.9 Å². The van der Waals surface area contributed by atoms with Gasteiger partial charge in [0.25, 0.3) is 6.43 Å². The molecule has 0 atom stereocenters. The summed E-state index contributed by atoms with van der Waals surface area (Å²) in [6, 6.07) is 18.6. The lowest BCUT2D eigenvalue weighted by Crippen LogP contribution is -2.07. The highest BCUT2D eigenvalue weighted by Crippen LogP contribution is 2.39. The van der Waals surface area contributed by atoms with Gasteiger partial charge in [-0.05, 0) is 47.7 Å². The fourth-order valence-electron chi connectivity index (χ4n) is 3.55. The second-order valence-corrected chi connectivity index (χ2v) is 7.35. The summed E-state index contributed by atoms with van der Waals surface area (Å²) in [6.07, 6.45) is -0.796. The summed E-state index contributed by atoms with van der Waals surface area (Å²) >= 11 is 0. The zero-order valence-electron chi connectivity index (χ0n) is 17.7. The molecule has 0 saturated heterocycles. The lowest BCUT2D eigenvalue weighted by Gasteiger charge is -2.14. The highest BCUT2D eigenvalue weighted by atomic mass is 19.3. The molecule has 0 amide bonds. The normalized spacial score (nSPS) is 11.0. The standard InChI is InChI=1S/C26H26F2O3/c1-3-5-17-6-10-19(11-7-17)20-12-8-18(9-13-20)16-22(29)21-14-15-23(31-4-2)24(25(21)30)26(27)28/h6-15,26,30H,3-5,16H2,1-2H3. The SMILES string of the molecule is CCCc1ccc(-c2ccc(CC(=O)c3ccc(OCC)c(C(F)F)c3O)cc2)cc1. The maximum atomic E-state index is 13.4. The topological polar surface area (TPSA) is 46.5 Å². The molecule has 0 aliphatic rings. The number of carbonyl (C=O) groups excluding carboxylic acids is 1. The van der Waals surface area contributed by atoms with Crippen molar-refractivity contribution in [1.82, 2.24) is 0 Å². The van der Waals surface area contributed by atoms with E-state index in [0.29, 0.717) is 0 Å². The third kappa shape index (κ3) is 5.29. The molecule has 3 aromatic rings. The van der Waals surface area contributed by atoms with Gasteiger partial charge < -0.3 is 9.84 Å². The molecule has 0 aliphatic carbocycles. The first-order valence-electron chi connectivity index (χ1n) is 10.4. The van der Waals surface area contributed by atoms with E-state index in [0.717, 1.165) is 29.5 Å². The lowest BCUT2D eigenvalue weighted by molar-refractivity contribution is 0.0988. The molecule has 0 aliphatic heterocycles. The van der Waals surface area contributed by atoms with Crippen molar-refractivity contribution >= 4 is 5.78 Å². The van der Waals surface area contributed by atoms with Crippen molar-refractivity contribution in [3.8, 4) is 22.6 Å². The van der Waals surface area contributed by atoms with E-state index in [9.17, 15) is 18.7 Å². The molecule has 3 rings (SSSR count). The molecular formula is C26H26F2O3. The summed E-state index contributed by atoms with van der Waals surface area (Å²) in [6.45, 7) is 3.99. The van der Waals surface area contributed by atoms with Gasteiger partial charge in [-0.2, -0.15) is 0 Å². The fraction of sp³-hybridized carbons (Fsp3) is 0.269. The number of phenols is 1. The highest BCUT2D eigenvalue weighted by Gasteiger charge is 2.24. The van der Waals surface area contributed by atoms with Crippen molar-refractivity contribution in [2.24, 2.45) is 0 Å². The second-order valence-electron chi connectivity index (χ2n) is 7.35. The van der Waals surface area contributed by atoms with Crippen LogP contribution in [0, 0.1) is 0 Å².